The van der Waals surface area contributed by atoms with E-state index < -0.39 is 0 Å². The number of hydrogen-bond acceptors (Lipinski definition) is 3. The van der Waals surface area contributed by atoms with Crippen LogP contribution < -0.4 is 10.6 Å². The summed E-state index contributed by atoms with van der Waals surface area (Å²) in [5.41, 5.74) is 0. The fourth-order valence-electron chi connectivity index (χ4n) is 1.41. The lowest BCUT2D eigenvalue weighted by atomic mass is 10.1. The molecule has 0 spiro atoms. The van der Waals surface area contributed by atoms with Crippen LogP contribution in [-0.2, 0) is 9.53 Å². The zero-order valence-corrected chi connectivity index (χ0v) is 8.14. The summed E-state index contributed by atoms with van der Waals surface area (Å²) in [6, 6.07) is 0. The van der Waals surface area contributed by atoms with Gasteiger partial charge in [0.05, 0.1) is 6.54 Å². The zero-order chi connectivity index (χ0) is 9.52. The minimum Gasteiger partial charge on any atom is -0.381 e. The summed E-state index contributed by atoms with van der Waals surface area (Å²) in [6.45, 7) is 3.12. The molecule has 0 radical (unpaired) electrons. The maximum Gasteiger partial charge on any atom is 0.233 e. The molecule has 0 aromatic carbocycles. The maximum atomic E-state index is 10.8. The van der Waals surface area contributed by atoms with Crippen LogP contribution in [-0.4, -0.2) is 39.3 Å². The van der Waals surface area contributed by atoms with Crippen molar-refractivity contribution < 1.29 is 9.53 Å². The van der Waals surface area contributed by atoms with E-state index in [-0.39, 0.29) is 5.91 Å². The van der Waals surface area contributed by atoms with Crippen LogP contribution in [0.25, 0.3) is 0 Å². The van der Waals surface area contributed by atoms with Gasteiger partial charge in [-0.3, -0.25) is 4.79 Å². The average Bonchev–Trinajstić information content (AvgIpc) is 2.64. The summed E-state index contributed by atoms with van der Waals surface area (Å²) in [5, 5.41) is 5.66. The monoisotopic (exact) mass is 186 g/mol. The smallest absolute Gasteiger partial charge is 0.233 e. The first kappa shape index (κ1) is 10.5. The predicted molar refractivity (Wildman–Crippen MR) is 50.5 cm³/mol. The van der Waals surface area contributed by atoms with E-state index in [0.717, 1.165) is 26.2 Å². The molecule has 4 heteroatoms. The molecule has 0 bridgehead atoms. The fourth-order valence-corrected chi connectivity index (χ4v) is 1.41. The Bertz CT molecular complexity index is 156. The lowest BCUT2D eigenvalue weighted by molar-refractivity contribution is -0.119. The topological polar surface area (TPSA) is 50.4 Å². The summed E-state index contributed by atoms with van der Waals surface area (Å²) in [4.78, 5) is 10.8. The second kappa shape index (κ2) is 5.94. The Morgan fingerprint density at radius 2 is 2.46 bits per heavy atom. The van der Waals surface area contributed by atoms with Crippen molar-refractivity contribution >= 4 is 5.91 Å². The summed E-state index contributed by atoms with van der Waals surface area (Å²) in [5.74, 6) is 0.736. The minimum absolute atomic E-state index is 0.0441. The highest BCUT2D eigenvalue weighted by Crippen LogP contribution is 2.14. The van der Waals surface area contributed by atoms with Gasteiger partial charge in [0.15, 0.2) is 0 Å². The van der Waals surface area contributed by atoms with E-state index in [1.807, 2.05) is 0 Å². The summed E-state index contributed by atoms with van der Waals surface area (Å²) in [7, 11) is 1.65. The van der Waals surface area contributed by atoms with Crippen molar-refractivity contribution in [2.45, 2.75) is 12.8 Å². The van der Waals surface area contributed by atoms with Crippen molar-refractivity contribution in [3.63, 3.8) is 0 Å². The van der Waals surface area contributed by atoms with Gasteiger partial charge in [-0.2, -0.15) is 0 Å². The summed E-state index contributed by atoms with van der Waals surface area (Å²) in [6.07, 6.45) is 2.28. The third-order valence-electron chi connectivity index (χ3n) is 2.32. The van der Waals surface area contributed by atoms with Gasteiger partial charge in [-0.15, -0.1) is 0 Å². The number of amides is 1. The quantitative estimate of drug-likeness (QED) is 0.582. The van der Waals surface area contributed by atoms with Gasteiger partial charge in [-0.1, -0.05) is 0 Å². The zero-order valence-electron chi connectivity index (χ0n) is 8.14. The van der Waals surface area contributed by atoms with Crippen LogP contribution in [0.15, 0.2) is 0 Å². The Kier molecular flexibility index (Phi) is 4.78. The van der Waals surface area contributed by atoms with Crippen LogP contribution in [0.2, 0.25) is 0 Å². The van der Waals surface area contributed by atoms with Gasteiger partial charge in [0.1, 0.15) is 0 Å². The van der Waals surface area contributed by atoms with Crippen molar-refractivity contribution in [3.8, 4) is 0 Å². The Balaban J connectivity index is 1.91. The van der Waals surface area contributed by atoms with Gasteiger partial charge in [0, 0.05) is 20.3 Å². The fraction of sp³-hybridized carbons (Fsp3) is 0.889. The van der Waals surface area contributed by atoms with Crippen molar-refractivity contribution in [1.82, 2.24) is 10.6 Å². The van der Waals surface area contributed by atoms with Gasteiger partial charge < -0.3 is 15.4 Å². The van der Waals surface area contributed by atoms with Gasteiger partial charge in [-0.05, 0) is 25.3 Å². The number of likely N-dealkylation sites (N-methyl/N-ethyl adjacent to an activating group) is 1. The van der Waals surface area contributed by atoms with Crippen molar-refractivity contribution in [2.75, 3.05) is 33.4 Å². The van der Waals surface area contributed by atoms with Gasteiger partial charge in [0.25, 0.3) is 0 Å². The molecule has 2 N–H and O–H groups in total. The lowest BCUT2D eigenvalue weighted by Gasteiger charge is -2.07. The number of ether oxygens (including phenoxy) is 1. The molecule has 0 aliphatic carbocycles. The number of rotatable bonds is 5. The highest BCUT2D eigenvalue weighted by atomic mass is 16.5. The molecule has 13 heavy (non-hydrogen) atoms. The molecule has 0 saturated carbocycles. The third-order valence-corrected chi connectivity index (χ3v) is 2.32. The Morgan fingerprint density at radius 3 is 3.08 bits per heavy atom. The summed E-state index contributed by atoms with van der Waals surface area (Å²) < 4.78 is 5.25. The SMILES string of the molecule is CNC(=O)CNCCC1CCOC1. The normalized spacial score (nSPS) is 21.8. The van der Waals surface area contributed by atoms with Crippen LogP contribution in [0.1, 0.15) is 12.8 Å². The molecule has 1 unspecified atom stereocenters. The van der Waals surface area contributed by atoms with Crippen LogP contribution in [0, 0.1) is 5.92 Å². The van der Waals surface area contributed by atoms with E-state index in [9.17, 15) is 4.79 Å². The number of carbonyl (C=O) groups excluding carboxylic acids is 1. The number of carbonyl (C=O) groups is 1. The van der Waals surface area contributed by atoms with E-state index >= 15 is 0 Å². The second-order valence-corrected chi connectivity index (χ2v) is 3.37. The highest BCUT2D eigenvalue weighted by Gasteiger charge is 2.14. The number of nitrogens with one attached hydrogen (secondary N) is 2. The van der Waals surface area contributed by atoms with Crippen LogP contribution in [0.3, 0.4) is 0 Å². The molecule has 0 aromatic heterocycles. The molecule has 1 rings (SSSR count). The lowest BCUT2D eigenvalue weighted by Crippen LogP contribution is -2.32. The molecule has 1 aliphatic rings. The van der Waals surface area contributed by atoms with Crippen LogP contribution >= 0.6 is 0 Å². The Labute approximate surface area is 79.0 Å². The van der Waals surface area contributed by atoms with Gasteiger partial charge >= 0.3 is 0 Å². The summed E-state index contributed by atoms with van der Waals surface area (Å²) >= 11 is 0. The van der Waals surface area contributed by atoms with E-state index in [1.54, 1.807) is 7.05 Å². The molecule has 76 valence electrons. The molecule has 1 fully saturated rings. The predicted octanol–water partition coefficient (Wildman–Crippen LogP) is -0.251. The maximum absolute atomic E-state index is 10.8. The van der Waals surface area contributed by atoms with Crippen molar-refractivity contribution in [2.24, 2.45) is 5.92 Å². The molecule has 4 nitrogen and oxygen atoms in total. The molecule has 1 aliphatic heterocycles. The van der Waals surface area contributed by atoms with E-state index in [0.29, 0.717) is 12.5 Å². The first-order chi connectivity index (χ1) is 6.33. The third kappa shape index (κ3) is 4.24. The standard InChI is InChI=1S/C9H18N2O2/c1-10-9(12)6-11-4-2-8-3-5-13-7-8/h8,11H,2-7H2,1H3,(H,10,12). The molecule has 1 amide bonds. The first-order valence-electron chi connectivity index (χ1n) is 4.82. The first-order valence-corrected chi connectivity index (χ1v) is 4.82. The van der Waals surface area contributed by atoms with Crippen molar-refractivity contribution in [3.05, 3.63) is 0 Å². The van der Waals surface area contributed by atoms with E-state index in [2.05, 4.69) is 10.6 Å². The van der Waals surface area contributed by atoms with Gasteiger partial charge in [0.2, 0.25) is 5.91 Å². The average molecular weight is 186 g/mol. The van der Waals surface area contributed by atoms with Crippen LogP contribution in [0.5, 0.6) is 0 Å². The highest BCUT2D eigenvalue weighted by molar-refractivity contribution is 5.77. The molecular formula is C9H18N2O2. The van der Waals surface area contributed by atoms with Crippen molar-refractivity contribution in [1.29, 1.82) is 0 Å². The molecule has 1 heterocycles. The number of hydrogen-bond donors (Lipinski definition) is 2. The van der Waals surface area contributed by atoms with Gasteiger partial charge in [-0.25, -0.2) is 0 Å². The molecule has 0 aromatic rings. The molecule has 1 atom stereocenters. The van der Waals surface area contributed by atoms with E-state index in [4.69, 9.17) is 4.74 Å². The van der Waals surface area contributed by atoms with Crippen LogP contribution in [0.4, 0.5) is 0 Å². The molecular weight excluding hydrogens is 168 g/mol. The Hall–Kier alpha value is -0.610. The minimum atomic E-state index is 0.0441. The van der Waals surface area contributed by atoms with E-state index in [1.165, 1.54) is 6.42 Å². The second-order valence-electron chi connectivity index (χ2n) is 3.37. The largest absolute Gasteiger partial charge is 0.381 e. The molecule has 1 saturated heterocycles. The Morgan fingerprint density at radius 1 is 1.62 bits per heavy atom.